The number of piperazine rings is 1. The maximum atomic E-state index is 12.3. The lowest BCUT2D eigenvalue weighted by molar-refractivity contribution is -0.135. The zero-order chi connectivity index (χ0) is 17.0. The Morgan fingerprint density at radius 2 is 1.96 bits per heavy atom. The molecule has 2 rings (SSSR count). The van der Waals surface area contributed by atoms with E-state index >= 15 is 0 Å². The number of rotatable bonds is 5. The van der Waals surface area contributed by atoms with Crippen LogP contribution in [0.1, 0.15) is 20.3 Å². The summed E-state index contributed by atoms with van der Waals surface area (Å²) >= 11 is 0. The number of hydrogen-bond donors (Lipinski definition) is 1. The molecule has 0 spiro atoms. The first-order valence-electron chi connectivity index (χ1n) is 7.75. The number of carbonyl (C=O) groups is 1. The van der Waals surface area contributed by atoms with Gasteiger partial charge in [0.2, 0.25) is 5.91 Å². The molecule has 1 aromatic carbocycles. The van der Waals surface area contributed by atoms with Crippen LogP contribution in [0.5, 0.6) is 5.75 Å². The number of nitrogens with one attached hydrogen (secondary N) is 1. The highest BCUT2D eigenvalue weighted by molar-refractivity contribution is 7.90. The maximum absolute atomic E-state index is 12.3. The van der Waals surface area contributed by atoms with Crippen molar-refractivity contribution in [3.8, 4) is 5.75 Å². The molecule has 2 unspecified atom stereocenters. The molecule has 1 heterocycles. The van der Waals surface area contributed by atoms with Crippen molar-refractivity contribution in [1.82, 2.24) is 10.2 Å². The van der Waals surface area contributed by atoms with Gasteiger partial charge in [0.05, 0.1) is 17.9 Å². The van der Waals surface area contributed by atoms with Crippen molar-refractivity contribution in [2.24, 2.45) is 0 Å². The Morgan fingerprint density at radius 1 is 1.30 bits per heavy atom. The lowest BCUT2D eigenvalue weighted by Gasteiger charge is -2.38. The Morgan fingerprint density at radius 3 is 2.57 bits per heavy atom. The molecule has 128 valence electrons. The summed E-state index contributed by atoms with van der Waals surface area (Å²) < 4.78 is 28.3. The first kappa shape index (κ1) is 17.7. The molecule has 0 aromatic heterocycles. The zero-order valence-electron chi connectivity index (χ0n) is 13.8. The molecule has 0 bridgehead atoms. The van der Waals surface area contributed by atoms with Gasteiger partial charge in [-0.15, -0.1) is 0 Å². The Balaban J connectivity index is 1.84. The van der Waals surface area contributed by atoms with E-state index < -0.39 is 9.84 Å². The van der Waals surface area contributed by atoms with Gasteiger partial charge in [-0.05, 0) is 38.1 Å². The van der Waals surface area contributed by atoms with Gasteiger partial charge >= 0.3 is 0 Å². The van der Waals surface area contributed by atoms with Crippen LogP contribution in [0, 0.1) is 0 Å². The molecule has 1 saturated heterocycles. The second-order valence-corrected chi connectivity index (χ2v) is 7.93. The molecule has 1 N–H and O–H groups in total. The Labute approximate surface area is 137 Å². The van der Waals surface area contributed by atoms with Gasteiger partial charge in [-0.2, -0.15) is 0 Å². The van der Waals surface area contributed by atoms with Crippen LogP contribution in [0.15, 0.2) is 29.2 Å². The van der Waals surface area contributed by atoms with Crippen LogP contribution in [0.2, 0.25) is 0 Å². The first-order valence-corrected chi connectivity index (χ1v) is 9.64. The third-order valence-electron chi connectivity index (χ3n) is 4.19. The third-order valence-corrected chi connectivity index (χ3v) is 5.32. The number of carbonyl (C=O) groups excluding carboxylic acids is 1. The molecule has 7 heteroatoms. The summed E-state index contributed by atoms with van der Waals surface area (Å²) in [5.41, 5.74) is 0. The second-order valence-electron chi connectivity index (χ2n) is 5.91. The molecule has 0 radical (unpaired) electrons. The summed E-state index contributed by atoms with van der Waals surface area (Å²) in [6.07, 6.45) is 1.47. The molecular formula is C16H24N2O4S. The van der Waals surface area contributed by atoms with Crippen LogP contribution in [-0.4, -0.2) is 57.3 Å². The normalized spacial score (nSPS) is 22.0. The van der Waals surface area contributed by atoms with Gasteiger partial charge in [0.1, 0.15) is 5.75 Å². The highest BCUT2D eigenvalue weighted by atomic mass is 32.2. The largest absolute Gasteiger partial charge is 0.493 e. The molecule has 2 atom stereocenters. The highest BCUT2D eigenvalue weighted by Crippen LogP contribution is 2.16. The fourth-order valence-corrected chi connectivity index (χ4v) is 3.22. The molecule has 0 aliphatic carbocycles. The standard InChI is InChI=1S/C16H24N2O4S/c1-12-13(2)18(10-9-17-12)16(19)8-11-22-14-4-6-15(7-5-14)23(3,20)21/h4-7,12-13,17H,8-11H2,1-3H3. The Bertz CT molecular complexity index is 643. The fourth-order valence-electron chi connectivity index (χ4n) is 2.59. The van der Waals surface area contributed by atoms with Crippen molar-refractivity contribution < 1.29 is 17.9 Å². The summed E-state index contributed by atoms with van der Waals surface area (Å²) in [5, 5.41) is 3.34. The Kier molecular flexibility index (Phi) is 5.64. The van der Waals surface area contributed by atoms with Crippen molar-refractivity contribution in [1.29, 1.82) is 0 Å². The summed E-state index contributed by atoms with van der Waals surface area (Å²) in [6, 6.07) is 6.69. The van der Waals surface area contributed by atoms with Gasteiger partial charge in [-0.25, -0.2) is 8.42 Å². The number of hydrogen-bond acceptors (Lipinski definition) is 5. The molecule has 6 nitrogen and oxygen atoms in total. The predicted octanol–water partition coefficient (Wildman–Crippen LogP) is 1.07. The van der Waals surface area contributed by atoms with Gasteiger partial charge in [-0.1, -0.05) is 0 Å². The molecule has 1 aliphatic heterocycles. The Hall–Kier alpha value is -1.60. The third kappa shape index (κ3) is 4.68. The molecule has 1 fully saturated rings. The van der Waals surface area contributed by atoms with Crippen molar-refractivity contribution >= 4 is 15.7 Å². The number of ether oxygens (including phenoxy) is 1. The minimum atomic E-state index is -3.20. The van der Waals surface area contributed by atoms with E-state index in [9.17, 15) is 13.2 Å². The second kappa shape index (κ2) is 7.31. The van der Waals surface area contributed by atoms with Crippen LogP contribution >= 0.6 is 0 Å². The molecule has 1 aromatic rings. The first-order chi connectivity index (χ1) is 10.8. The number of nitrogens with zero attached hydrogens (tertiary/aromatic N) is 1. The van der Waals surface area contributed by atoms with Crippen LogP contribution in [-0.2, 0) is 14.6 Å². The summed E-state index contributed by atoms with van der Waals surface area (Å²) in [4.78, 5) is 14.4. The van der Waals surface area contributed by atoms with Crippen LogP contribution in [0.25, 0.3) is 0 Å². The molecular weight excluding hydrogens is 316 g/mol. The van der Waals surface area contributed by atoms with E-state index in [1.807, 2.05) is 11.8 Å². The van der Waals surface area contributed by atoms with E-state index in [1.165, 1.54) is 12.1 Å². The maximum Gasteiger partial charge on any atom is 0.226 e. The average molecular weight is 340 g/mol. The van der Waals surface area contributed by atoms with E-state index in [-0.39, 0.29) is 29.5 Å². The molecule has 1 amide bonds. The van der Waals surface area contributed by atoms with Gasteiger partial charge in [-0.3, -0.25) is 4.79 Å². The van der Waals surface area contributed by atoms with E-state index in [4.69, 9.17) is 4.74 Å². The zero-order valence-corrected chi connectivity index (χ0v) is 14.6. The van der Waals surface area contributed by atoms with E-state index in [0.717, 1.165) is 12.8 Å². The van der Waals surface area contributed by atoms with Crippen LogP contribution < -0.4 is 10.1 Å². The number of benzene rings is 1. The van der Waals surface area contributed by atoms with Gasteiger partial charge in [0, 0.05) is 31.4 Å². The lowest BCUT2D eigenvalue weighted by Crippen LogP contribution is -2.57. The predicted molar refractivity (Wildman–Crippen MR) is 88.3 cm³/mol. The van der Waals surface area contributed by atoms with Crippen molar-refractivity contribution in [2.45, 2.75) is 37.2 Å². The van der Waals surface area contributed by atoms with E-state index in [0.29, 0.717) is 18.7 Å². The smallest absolute Gasteiger partial charge is 0.226 e. The monoisotopic (exact) mass is 340 g/mol. The minimum Gasteiger partial charge on any atom is -0.493 e. The highest BCUT2D eigenvalue weighted by Gasteiger charge is 2.27. The van der Waals surface area contributed by atoms with Gasteiger partial charge < -0.3 is 15.0 Å². The van der Waals surface area contributed by atoms with Crippen LogP contribution in [0.3, 0.4) is 0 Å². The fraction of sp³-hybridized carbons (Fsp3) is 0.562. The quantitative estimate of drug-likeness (QED) is 0.868. The number of sulfone groups is 1. The average Bonchev–Trinajstić information content (AvgIpc) is 2.49. The SMILES string of the molecule is CC1NCCN(C(=O)CCOc2ccc(S(C)(=O)=O)cc2)C1C. The van der Waals surface area contributed by atoms with Crippen molar-refractivity contribution in [3.05, 3.63) is 24.3 Å². The lowest BCUT2D eigenvalue weighted by atomic mass is 10.1. The van der Waals surface area contributed by atoms with Gasteiger partial charge in [0.15, 0.2) is 9.84 Å². The number of amides is 1. The summed E-state index contributed by atoms with van der Waals surface area (Å²) in [7, 11) is -3.20. The van der Waals surface area contributed by atoms with Crippen molar-refractivity contribution in [2.75, 3.05) is 26.0 Å². The molecule has 23 heavy (non-hydrogen) atoms. The minimum absolute atomic E-state index is 0.0820. The molecule has 1 aliphatic rings. The molecule has 0 saturated carbocycles. The summed E-state index contributed by atoms with van der Waals surface area (Å²) in [5.74, 6) is 0.644. The van der Waals surface area contributed by atoms with Gasteiger partial charge in [0.25, 0.3) is 0 Å². The topological polar surface area (TPSA) is 75.7 Å². The van der Waals surface area contributed by atoms with E-state index in [1.54, 1.807) is 12.1 Å². The van der Waals surface area contributed by atoms with Crippen molar-refractivity contribution in [3.63, 3.8) is 0 Å². The summed E-state index contributed by atoms with van der Waals surface area (Å²) in [6.45, 7) is 5.92. The van der Waals surface area contributed by atoms with Crippen LogP contribution in [0.4, 0.5) is 0 Å². The van der Waals surface area contributed by atoms with E-state index in [2.05, 4.69) is 12.2 Å².